The van der Waals surface area contributed by atoms with Gasteiger partial charge >= 0.3 is 0 Å². The lowest BCUT2D eigenvalue weighted by molar-refractivity contribution is 0.481. The SMILES string of the molecule is Cc1c(C#N)c(Nc2ccc(S(=O)(=O)O)cc2)nc(Nc2ccc(S(=O)(=O)O)cc2)c1/N=N/c1ccc(/N=N/c2ccc(S(=O)(=O)O)cc2)cc1S(=O)(=O)O. The van der Waals surface area contributed by atoms with Crippen molar-refractivity contribution in [2.45, 2.75) is 26.5 Å². The second-order valence-corrected chi connectivity index (χ2v) is 16.7. The van der Waals surface area contributed by atoms with Crippen molar-refractivity contribution in [2.75, 3.05) is 10.6 Å². The van der Waals surface area contributed by atoms with Crippen molar-refractivity contribution in [3.05, 3.63) is 102 Å². The molecule has 0 aliphatic heterocycles. The van der Waals surface area contributed by atoms with Crippen LogP contribution in [0.5, 0.6) is 0 Å². The number of anilines is 4. The molecule has 0 bridgehead atoms. The molecule has 24 heteroatoms. The zero-order chi connectivity index (χ0) is 40.3. The molecule has 1 heterocycles. The van der Waals surface area contributed by atoms with E-state index in [1.807, 2.05) is 6.07 Å². The number of rotatable bonds is 12. The topological polar surface area (TPSA) is 328 Å². The van der Waals surface area contributed by atoms with Crippen LogP contribution in [0.25, 0.3) is 0 Å². The van der Waals surface area contributed by atoms with Crippen molar-refractivity contribution >= 4 is 86.2 Å². The summed E-state index contributed by atoms with van der Waals surface area (Å²) in [5.41, 5.74) is -0.0526. The van der Waals surface area contributed by atoms with Gasteiger partial charge in [-0.05, 0) is 97.9 Å². The fourth-order valence-corrected chi connectivity index (χ4v) is 6.67. The number of benzene rings is 4. The predicted octanol–water partition coefficient (Wildman–Crippen LogP) is 6.57. The van der Waals surface area contributed by atoms with Crippen LogP contribution in [0.4, 0.5) is 45.8 Å². The Labute approximate surface area is 313 Å². The van der Waals surface area contributed by atoms with E-state index in [1.165, 1.54) is 49.4 Å². The summed E-state index contributed by atoms with van der Waals surface area (Å²) < 4.78 is 131. The summed E-state index contributed by atoms with van der Waals surface area (Å²) in [4.78, 5) is 2.45. The third kappa shape index (κ3) is 9.94. The second-order valence-electron chi connectivity index (χ2n) is 11.0. The molecule has 1 aromatic heterocycles. The molecule has 0 spiro atoms. The lowest BCUT2D eigenvalue weighted by atomic mass is 10.1. The maximum absolute atomic E-state index is 12.4. The van der Waals surface area contributed by atoms with Crippen LogP contribution in [0.1, 0.15) is 11.1 Å². The van der Waals surface area contributed by atoms with E-state index in [4.69, 9.17) is 4.55 Å². The van der Waals surface area contributed by atoms with Crippen molar-refractivity contribution in [3.63, 3.8) is 0 Å². The van der Waals surface area contributed by atoms with Crippen LogP contribution in [0.2, 0.25) is 0 Å². The van der Waals surface area contributed by atoms with E-state index < -0.39 is 65.7 Å². The number of aromatic nitrogens is 1. The van der Waals surface area contributed by atoms with Crippen LogP contribution in [0.15, 0.2) is 131 Å². The summed E-state index contributed by atoms with van der Waals surface area (Å²) in [6.07, 6.45) is 0. The summed E-state index contributed by atoms with van der Waals surface area (Å²) in [7, 11) is -18.5. The molecule has 4 aromatic carbocycles. The number of nitrogens with one attached hydrogen (secondary N) is 2. The average molecular weight is 829 g/mol. The van der Waals surface area contributed by atoms with Gasteiger partial charge in [0, 0.05) is 16.9 Å². The van der Waals surface area contributed by atoms with Crippen molar-refractivity contribution in [3.8, 4) is 6.07 Å². The monoisotopic (exact) mass is 828 g/mol. The van der Waals surface area contributed by atoms with E-state index in [0.717, 1.165) is 48.5 Å². The molecule has 284 valence electrons. The summed E-state index contributed by atoms with van der Waals surface area (Å²) in [5, 5.41) is 31.8. The van der Waals surface area contributed by atoms with Gasteiger partial charge in [-0.25, -0.2) is 4.98 Å². The van der Waals surface area contributed by atoms with Crippen LogP contribution in [-0.4, -0.2) is 56.9 Å². The Morgan fingerprint density at radius 1 is 0.564 bits per heavy atom. The minimum absolute atomic E-state index is 0.0865. The highest BCUT2D eigenvalue weighted by molar-refractivity contribution is 7.86. The van der Waals surface area contributed by atoms with Crippen molar-refractivity contribution < 1.29 is 51.9 Å². The van der Waals surface area contributed by atoms with E-state index in [0.29, 0.717) is 0 Å². The van der Waals surface area contributed by atoms with Gasteiger partial charge in [0.1, 0.15) is 22.3 Å². The number of hydrogen-bond acceptors (Lipinski definition) is 16. The maximum atomic E-state index is 12.4. The van der Waals surface area contributed by atoms with Crippen molar-refractivity contribution in [1.82, 2.24) is 4.98 Å². The number of nitrogens with zero attached hydrogens (tertiary/aromatic N) is 6. The fourth-order valence-electron chi connectivity index (χ4n) is 4.58. The van der Waals surface area contributed by atoms with Gasteiger partial charge in [-0.3, -0.25) is 18.2 Å². The Morgan fingerprint density at radius 3 is 1.45 bits per heavy atom. The Hall–Kier alpha value is -6.04. The maximum Gasteiger partial charge on any atom is 0.296 e. The highest BCUT2D eigenvalue weighted by atomic mass is 32.2. The summed E-state index contributed by atoms with van der Waals surface area (Å²) in [6.45, 7) is 1.45. The molecular weight excluding hydrogens is 805 g/mol. The highest BCUT2D eigenvalue weighted by Gasteiger charge is 2.21. The molecule has 0 fully saturated rings. The fraction of sp³-hybridized carbons (Fsp3) is 0.0323. The first-order valence-corrected chi connectivity index (χ1v) is 20.6. The van der Waals surface area contributed by atoms with Crippen LogP contribution in [0.3, 0.4) is 0 Å². The number of azo groups is 2. The van der Waals surface area contributed by atoms with Crippen LogP contribution in [-0.2, 0) is 40.5 Å². The molecule has 0 radical (unpaired) electrons. The molecule has 0 unspecified atom stereocenters. The zero-order valence-corrected chi connectivity index (χ0v) is 30.8. The van der Waals surface area contributed by atoms with E-state index >= 15 is 0 Å². The molecule has 20 nitrogen and oxygen atoms in total. The van der Waals surface area contributed by atoms with Gasteiger partial charge < -0.3 is 10.6 Å². The lowest BCUT2D eigenvalue weighted by Gasteiger charge is -2.16. The first-order chi connectivity index (χ1) is 25.6. The van der Waals surface area contributed by atoms with Gasteiger partial charge in [-0.1, -0.05) is 0 Å². The normalized spacial score (nSPS) is 12.5. The Bertz CT molecular complexity index is 2860. The molecule has 0 saturated heterocycles. The quantitative estimate of drug-likeness (QED) is 0.0572. The number of pyridine rings is 1. The first-order valence-electron chi connectivity index (χ1n) is 14.8. The van der Waals surface area contributed by atoms with Crippen LogP contribution in [0, 0.1) is 18.3 Å². The van der Waals surface area contributed by atoms with Gasteiger partial charge in [0.15, 0.2) is 11.6 Å². The Balaban J connectivity index is 1.57. The summed E-state index contributed by atoms with van der Waals surface area (Å²) in [6, 6.07) is 19.3. The Kier molecular flexibility index (Phi) is 11.2. The summed E-state index contributed by atoms with van der Waals surface area (Å²) in [5.74, 6) is -0.215. The minimum Gasteiger partial charge on any atom is -0.339 e. The van der Waals surface area contributed by atoms with Gasteiger partial charge in [-0.2, -0.15) is 49.2 Å². The lowest BCUT2D eigenvalue weighted by Crippen LogP contribution is -2.05. The molecule has 6 N–H and O–H groups in total. The predicted molar refractivity (Wildman–Crippen MR) is 194 cm³/mol. The van der Waals surface area contributed by atoms with E-state index in [9.17, 15) is 52.6 Å². The molecule has 0 atom stereocenters. The number of nitriles is 1. The second kappa shape index (κ2) is 15.4. The average Bonchev–Trinajstić information content (AvgIpc) is 3.10. The molecule has 0 aliphatic rings. The van der Waals surface area contributed by atoms with Gasteiger partial charge in [0.25, 0.3) is 40.5 Å². The largest absolute Gasteiger partial charge is 0.339 e. The van der Waals surface area contributed by atoms with E-state index in [1.54, 1.807) is 0 Å². The van der Waals surface area contributed by atoms with Crippen LogP contribution < -0.4 is 10.6 Å². The van der Waals surface area contributed by atoms with Crippen molar-refractivity contribution in [1.29, 1.82) is 5.26 Å². The van der Waals surface area contributed by atoms with E-state index in [2.05, 4.69) is 36.1 Å². The molecule has 5 rings (SSSR count). The zero-order valence-electron chi connectivity index (χ0n) is 27.5. The van der Waals surface area contributed by atoms with E-state index in [-0.39, 0.29) is 51.2 Å². The molecule has 55 heavy (non-hydrogen) atoms. The van der Waals surface area contributed by atoms with Crippen LogP contribution >= 0.6 is 0 Å². The summed E-state index contributed by atoms with van der Waals surface area (Å²) >= 11 is 0. The third-order valence-electron chi connectivity index (χ3n) is 7.25. The smallest absolute Gasteiger partial charge is 0.296 e. The Morgan fingerprint density at radius 2 is 1.00 bits per heavy atom. The molecule has 0 saturated carbocycles. The molecule has 0 aliphatic carbocycles. The molecule has 0 amide bonds. The molecular formula is C31H24N8O12S4. The minimum atomic E-state index is -4.98. The first kappa shape index (κ1) is 40.2. The van der Waals surface area contributed by atoms with Gasteiger partial charge in [-0.15, -0.1) is 10.2 Å². The standard InChI is InChI=1S/C31H24N8O12S4/c1-18-26(17-32)30(33-19-2-9-23(10-3-19)52(40,41)42)35-31(34-20-4-11-24(12-5-20)53(43,44)45)29(18)39-38-27-15-8-22(16-28(27)55(49,50)51)37-36-21-6-13-25(14-7-21)54(46,47)48/h2-16H,1H3,(H2,33,34,35)(H,40,41,42)(H,43,44,45)(H,46,47,48)(H,49,50,51)/b37-36+,39-38+. The number of hydrogen-bond donors (Lipinski definition) is 6. The third-order valence-corrected chi connectivity index (χ3v) is 10.7. The highest BCUT2D eigenvalue weighted by Crippen LogP contribution is 2.39. The van der Waals surface area contributed by atoms with Gasteiger partial charge in [0.05, 0.1) is 31.6 Å². The molecule has 5 aromatic rings. The van der Waals surface area contributed by atoms with Crippen molar-refractivity contribution in [2.24, 2.45) is 20.5 Å². The van der Waals surface area contributed by atoms with Gasteiger partial charge in [0.2, 0.25) is 0 Å².